The monoisotopic (exact) mass is 674 g/mol. The SMILES string of the molecule is c1ccc(-c2cc(-c3cccc4sc5ccc(-c6nc(-c7ccccc7)nc7c6sc6ccccc67)cc5c34)nc(-c3ccccc3)n2)cc1. The Hall–Kier alpha value is -6.08. The number of hydrogen-bond acceptors (Lipinski definition) is 6. The number of hydrogen-bond donors (Lipinski definition) is 0. The Kier molecular flexibility index (Phi) is 6.82. The van der Waals surface area contributed by atoms with Gasteiger partial charge in [-0.2, -0.15) is 0 Å². The molecule has 10 aromatic rings. The molecule has 0 saturated heterocycles. The van der Waals surface area contributed by atoms with Crippen molar-refractivity contribution in [2.45, 2.75) is 0 Å². The molecule has 0 amide bonds. The summed E-state index contributed by atoms with van der Waals surface area (Å²) in [5.41, 5.74) is 8.94. The fourth-order valence-electron chi connectivity index (χ4n) is 6.75. The van der Waals surface area contributed by atoms with E-state index in [1.165, 1.54) is 24.9 Å². The van der Waals surface area contributed by atoms with Crippen molar-refractivity contribution in [2.24, 2.45) is 0 Å². The van der Waals surface area contributed by atoms with E-state index < -0.39 is 0 Å². The second-order valence-corrected chi connectivity index (χ2v) is 14.4. The van der Waals surface area contributed by atoms with Gasteiger partial charge >= 0.3 is 0 Å². The molecule has 0 aliphatic carbocycles. The lowest BCUT2D eigenvalue weighted by Crippen LogP contribution is -1.96. The molecule has 6 heteroatoms. The van der Waals surface area contributed by atoms with Crippen molar-refractivity contribution in [3.8, 4) is 56.5 Å². The fraction of sp³-hybridized carbons (Fsp3) is 0. The topological polar surface area (TPSA) is 51.6 Å². The van der Waals surface area contributed by atoms with Crippen LogP contribution in [0.2, 0.25) is 0 Å². The van der Waals surface area contributed by atoms with E-state index in [1.807, 2.05) is 53.8 Å². The van der Waals surface area contributed by atoms with Crippen molar-refractivity contribution in [1.82, 2.24) is 19.9 Å². The first-order valence-corrected chi connectivity index (χ1v) is 18.1. The van der Waals surface area contributed by atoms with E-state index in [1.54, 1.807) is 11.3 Å². The molecule has 10 rings (SSSR count). The Morgan fingerprint density at radius 2 is 1.00 bits per heavy atom. The molecule has 0 aliphatic rings. The number of thiophene rings is 2. The molecule has 50 heavy (non-hydrogen) atoms. The first kappa shape index (κ1) is 28.9. The van der Waals surface area contributed by atoms with E-state index in [9.17, 15) is 0 Å². The number of rotatable bonds is 5. The number of nitrogens with zero attached hydrogens (tertiary/aromatic N) is 4. The zero-order valence-electron chi connectivity index (χ0n) is 26.6. The molecule has 0 fully saturated rings. The van der Waals surface area contributed by atoms with E-state index in [2.05, 4.69) is 115 Å². The van der Waals surface area contributed by atoms with Crippen LogP contribution in [0.5, 0.6) is 0 Å². The average molecular weight is 675 g/mol. The third kappa shape index (κ3) is 4.88. The first-order chi connectivity index (χ1) is 24.8. The van der Waals surface area contributed by atoms with Gasteiger partial charge in [-0.05, 0) is 30.3 Å². The lowest BCUT2D eigenvalue weighted by Gasteiger charge is -2.11. The Bertz CT molecular complexity index is 2800. The molecule has 4 aromatic heterocycles. The highest BCUT2D eigenvalue weighted by Crippen LogP contribution is 2.44. The summed E-state index contributed by atoms with van der Waals surface area (Å²) in [7, 11) is 0. The van der Waals surface area contributed by atoms with Gasteiger partial charge in [-0.15, -0.1) is 22.7 Å². The highest BCUT2D eigenvalue weighted by Gasteiger charge is 2.19. The van der Waals surface area contributed by atoms with Crippen LogP contribution in [0.15, 0.2) is 158 Å². The van der Waals surface area contributed by atoms with Gasteiger partial charge in [0, 0.05) is 58.1 Å². The number of aromatic nitrogens is 4. The zero-order chi connectivity index (χ0) is 33.0. The number of fused-ring (bicyclic) bond motifs is 6. The molecule has 0 saturated carbocycles. The van der Waals surface area contributed by atoms with Gasteiger partial charge in [0.15, 0.2) is 11.6 Å². The smallest absolute Gasteiger partial charge is 0.160 e. The van der Waals surface area contributed by atoms with E-state index >= 15 is 0 Å². The minimum atomic E-state index is 0.709. The number of benzene rings is 6. The van der Waals surface area contributed by atoms with E-state index in [0.29, 0.717) is 5.82 Å². The fourth-order valence-corrected chi connectivity index (χ4v) is 9.01. The summed E-state index contributed by atoms with van der Waals surface area (Å²) in [4.78, 5) is 20.6. The second-order valence-electron chi connectivity index (χ2n) is 12.2. The van der Waals surface area contributed by atoms with Gasteiger partial charge in [-0.1, -0.05) is 127 Å². The molecule has 4 nitrogen and oxygen atoms in total. The molecule has 0 bridgehead atoms. The summed E-state index contributed by atoms with van der Waals surface area (Å²) < 4.78 is 4.75. The van der Waals surface area contributed by atoms with Crippen molar-refractivity contribution in [1.29, 1.82) is 0 Å². The third-order valence-corrected chi connectivity index (χ3v) is 11.4. The summed E-state index contributed by atoms with van der Waals surface area (Å²) in [5.74, 6) is 1.44. The lowest BCUT2D eigenvalue weighted by atomic mass is 10.00. The van der Waals surface area contributed by atoms with Crippen LogP contribution >= 0.6 is 22.7 Å². The Labute approximate surface area is 296 Å². The van der Waals surface area contributed by atoms with Crippen molar-refractivity contribution < 1.29 is 0 Å². The molecule has 0 aliphatic heterocycles. The predicted molar refractivity (Wildman–Crippen MR) is 211 cm³/mol. The Morgan fingerprint density at radius 3 is 1.76 bits per heavy atom. The minimum absolute atomic E-state index is 0.709. The highest BCUT2D eigenvalue weighted by molar-refractivity contribution is 7.26. The summed E-state index contributed by atoms with van der Waals surface area (Å²) in [6.45, 7) is 0. The normalized spacial score (nSPS) is 11.6. The summed E-state index contributed by atoms with van der Waals surface area (Å²) in [6, 6.07) is 54.8. The largest absolute Gasteiger partial charge is 0.228 e. The summed E-state index contributed by atoms with van der Waals surface area (Å²) >= 11 is 3.57. The van der Waals surface area contributed by atoms with Gasteiger partial charge < -0.3 is 0 Å². The van der Waals surface area contributed by atoms with Crippen LogP contribution in [-0.4, -0.2) is 19.9 Å². The van der Waals surface area contributed by atoms with E-state index in [4.69, 9.17) is 19.9 Å². The predicted octanol–water partition coefficient (Wildman–Crippen LogP) is 12.3. The van der Waals surface area contributed by atoms with E-state index in [-0.39, 0.29) is 0 Å². The molecule has 0 spiro atoms. The van der Waals surface area contributed by atoms with Crippen molar-refractivity contribution in [3.05, 3.63) is 158 Å². The molecule has 0 radical (unpaired) electrons. The molecule has 6 aromatic carbocycles. The maximum absolute atomic E-state index is 5.26. The standard InChI is InChI=1S/C44H26N4S2/c1-4-13-27(14-5-1)34-26-35(46-43(45-34)28-15-6-2-7-16-28)31-20-12-22-38-39(31)33-25-30(23-24-37(33)49-38)40-42-41(32-19-10-11-21-36(32)50-42)48-44(47-40)29-17-8-3-9-18-29/h1-26H. The van der Waals surface area contributed by atoms with Crippen LogP contribution in [0.4, 0.5) is 0 Å². The lowest BCUT2D eigenvalue weighted by molar-refractivity contribution is 1.19. The molecular weight excluding hydrogens is 649 g/mol. The quantitative estimate of drug-likeness (QED) is 0.182. The second kappa shape index (κ2) is 11.8. The summed E-state index contributed by atoms with van der Waals surface area (Å²) in [5, 5.41) is 3.54. The van der Waals surface area contributed by atoms with Crippen LogP contribution in [0.25, 0.3) is 97.0 Å². The Balaban J connectivity index is 1.22. The maximum atomic E-state index is 5.26. The van der Waals surface area contributed by atoms with Gasteiger partial charge in [-0.25, -0.2) is 19.9 Å². The van der Waals surface area contributed by atoms with Gasteiger partial charge in [0.1, 0.15) is 0 Å². The van der Waals surface area contributed by atoms with Gasteiger partial charge in [0.2, 0.25) is 0 Å². The molecule has 0 atom stereocenters. The minimum Gasteiger partial charge on any atom is -0.228 e. The average Bonchev–Trinajstić information content (AvgIpc) is 3.76. The van der Waals surface area contributed by atoms with E-state index in [0.717, 1.165) is 66.3 Å². The van der Waals surface area contributed by atoms with Gasteiger partial charge in [0.05, 0.1) is 27.3 Å². The first-order valence-electron chi connectivity index (χ1n) is 16.5. The van der Waals surface area contributed by atoms with Crippen LogP contribution in [0, 0.1) is 0 Å². The molecule has 4 heterocycles. The molecular formula is C44H26N4S2. The van der Waals surface area contributed by atoms with Crippen LogP contribution in [0.3, 0.4) is 0 Å². The van der Waals surface area contributed by atoms with Crippen molar-refractivity contribution in [3.63, 3.8) is 0 Å². The van der Waals surface area contributed by atoms with Crippen molar-refractivity contribution >= 4 is 63.1 Å². The maximum Gasteiger partial charge on any atom is 0.160 e. The molecule has 234 valence electrons. The van der Waals surface area contributed by atoms with Crippen LogP contribution in [-0.2, 0) is 0 Å². The molecule has 0 unspecified atom stereocenters. The highest BCUT2D eigenvalue weighted by atomic mass is 32.1. The molecule has 0 N–H and O–H groups in total. The van der Waals surface area contributed by atoms with Gasteiger partial charge in [-0.3, -0.25) is 0 Å². The van der Waals surface area contributed by atoms with Gasteiger partial charge in [0.25, 0.3) is 0 Å². The Morgan fingerprint density at radius 1 is 0.380 bits per heavy atom. The van der Waals surface area contributed by atoms with Crippen molar-refractivity contribution in [2.75, 3.05) is 0 Å². The van der Waals surface area contributed by atoms with Crippen LogP contribution < -0.4 is 0 Å². The van der Waals surface area contributed by atoms with Crippen LogP contribution in [0.1, 0.15) is 0 Å². The third-order valence-electron chi connectivity index (χ3n) is 9.12. The summed E-state index contributed by atoms with van der Waals surface area (Å²) in [6.07, 6.45) is 0. The zero-order valence-corrected chi connectivity index (χ0v) is 28.2.